The third kappa shape index (κ3) is 3.09. The van der Waals surface area contributed by atoms with Crippen LogP contribution in [-0.4, -0.2) is 28.4 Å². The van der Waals surface area contributed by atoms with E-state index in [9.17, 15) is 14.4 Å². The summed E-state index contributed by atoms with van der Waals surface area (Å²) in [5.41, 5.74) is 1.04. The fourth-order valence-corrected chi connectivity index (χ4v) is 3.71. The Balaban J connectivity index is 2.00. The standard InChI is InChI=1S/C17H15ClN4O3S/c1-8-12-16(20-7-22(3)17(12)25)26-13(8)15(24)21-11-6-9(14(23)19-2)4-5-10(11)18/h4-7H,1-3H3,(H,19,23)(H,21,24). The molecule has 2 aromatic heterocycles. The van der Waals surface area contributed by atoms with Gasteiger partial charge >= 0.3 is 0 Å². The number of carbonyl (C=O) groups excluding carboxylic acids is 2. The molecule has 2 amide bonds. The van der Waals surface area contributed by atoms with Crippen LogP contribution in [0, 0.1) is 6.92 Å². The summed E-state index contributed by atoms with van der Waals surface area (Å²) in [6, 6.07) is 4.60. The van der Waals surface area contributed by atoms with Crippen LogP contribution in [0.1, 0.15) is 25.6 Å². The number of halogens is 1. The van der Waals surface area contributed by atoms with E-state index in [0.29, 0.717) is 36.9 Å². The maximum atomic E-state index is 12.7. The zero-order valence-electron chi connectivity index (χ0n) is 14.2. The van der Waals surface area contributed by atoms with E-state index in [1.54, 1.807) is 20.0 Å². The number of aryl methyl sites for hydroxylation is 2. The lowest BCUT2D eigenvalue weighted by Gasteiger charge is -2.09. The summed E-state index contributed by atoms with van der Waals surface area (Å²) in [6.07, 6.45) is 1.42. The fourth-order valence-electron chi connectivity index (χ4n) is 2.51. The number of nitrogens with zero attached hydrogens (tertiary/aromatic N) is 2. The van der Waals surface area contributed by atoms with Crippen LogP contribution in [0.3, 0.4) is 0 Å². The van der Waals surface area contributed by atoms with Crippen LogP contribution in [0.15, 0.2) is 29.3 Å². The van der Waals surface area contributed by atoms with E-state index in [-0.39, 0.29) is 11.5 Å². The molecule has 2 N–H and O–H groups in total. The van der Waals surface area contributed by atoms with Gasteiger partial charge in [-0.1, -0.05) is 11.6 Å². The Morgan fingerprint density at radius 1 is 1.27 bits per heavy atom. The van der Waals surface area contributed by atoms with Crippen LogP contribution in [-0.2, 0) is 7.05 Å². The van der Waals surface area contributed by atoms with Crippen molar-refractivity contribution in [1.82, 2.24) is 14.9 Å². The fraction of sp³-hybridized carbons (Fsp3) is 0.176. The minimum absolute atomic E-state index is 0.206. The van der Waals surface area contributed by atoms with Crippen LogP contribution >= 0.6 is 22.9 Å². The predicted octanol–water partition coefficient (Wildman–Crippen LogP) is 2.57. The molecular formula is C17H15ClN4O3S. The van der Waals surface area contributed by atoms with Crippen LogP contribution in [0.25, 0.3) is 10.2 Å². The third-order valence-corrected chi connectivity index (χ3v) is 5.45. The number of anilines is 1. The molecule has 26 heavy (non-hydrogen) atoms. The Kier molecular flexibility index (Phi) is 4.80. The summed E-state index contributed by atoms with van der Waals surface area (Å²) in [4.78, 5) is 41.8. The van der Waals surface area contributed by atoms with Crippen molar-refractivity contribution >= 4 is 50.7 Å². The van der Waals surface area contributed by atoms with Gasteiger partial charge in [0.05, 0.1) is 27.3 Å². The molecule has 0 aliphatic heterocycles. The summed E-state index contributed by atoms with van der Waals surface area (Å²) in [5.74, 6) is -0.702. The first-order chi connectivity index (χ1) is 12.3. The molecule has 0 aliphatic rings. The number of hydrogen-bond donors (Lipinski definition) is 2. The number of fused-ring (bicyclic) bond motifs is 1. The molecule has 0 fully saturated rings. The molecule has 0 saturated carbocycles. The monoisotopic (exact) mass is 390 g/mol. The quantitative estimate of drug-likeness (QED) is 0.718. The van der Waals surface area contributed by atoms with E-state index in [4.69, 9.17) is 11.6 Å². The maximum Gasteiger partial charge on any atom is 0.266 e. The van der Waals surface area contributed by atoms with Gasteiger partial charge in [-0.3, -0.25) is 14.4 Å². The first-order valence-corrected chi connectivity index (χ1v) is 8.80. The van der Waals surface area contributed by atoms with Gasteiger partial charge in [0.1, 0.15) is 4.83 Å². The Hall–Kier alpha value is -2.71. The number of amides is 2. The first-order valence-electron chi connectivity index (χ1n) is 7.61. The second kappa shape index (κ2) is 6.89. The molecule has 2 heterocycles. The summed E-state index contributed by atoms with van der Waals surface area (Å²) in [7, 11) is 3.12. The average Bonchev–Trinajstić information content (AvgIpc) is 2.96. The van der Waals surface area contributed by atoms with Gasteiger partial charge in [0.2, 0.25) is 0 Å². The van der Waals surface area contributed by atoms with E-state index >= 15 is 0 Å². The van der Waals surface area contributed by atoms with E-state index in [1.807, 2.05) is 0 Å². The number of hydrogen-bond acceptors (Lipinski definition) is 5. The number of thiophene rings is 1. The highest BCUT2D eigenvalue weighted by molar-refractivity contribution is 7.20. The van der Waals surface area contributed by atoms with Crippen molar-refractivity contribution in [1.29, 1.82) is 0 Å². The van der Waals surface area contributed by atoms with Gasteiger partial charge in [0, 0.05) is 19.7 Å². The molecular weight excluding hydrogens is 376 g/mol. The molecule has 3 aromatic rings. The summed E-state index contributed by atoms with van der Waals surface area (Å²) < 4.78 is 1.37. The van der Waals surface area contributed by atoms with Crippen LogP contribution in [0.4, 0.5) is 5.69 Å². The van der Waals surface area contributed by atoms with Gasteiger partial charge in [-0.15, -0.1) is 11.3 Å². The van der Waals surface area contributed by atoms with Gasteiger partial charge in [0.25, 0.3) is 17.4 Å². The second-order valence-corrected chi connectivity index (χ2v) is 7.03. The molecule has 3 rings (SSSR count). The number of aromatic nitrogens is 2. The number of rotatable bonds is 3. The molecule has 0 atom stereocenters. The highest BCUT2D eigenvalue weighted by atomic mass is 35.5. The number of carbonyl (C=O) groups is 2. The topological polar surface area (TPSA) is 93.1 Å². The zero-order valence-corrected chi connectivity index (χ0v) is 15.8. The van der Waals surface area contributed by atoms with Gasteiger partial charge in [-0.25, -0.2) is 4.98 Å². The maximum absolute atomic E-state index is 12.7. The highest BCUT2D eigenvalue weighted by Gasteiger charge is 2.20. The van der Waals surface area contributed by atoms with E-state index in [2.05, 4.69) is 15.6 Å². The molecule has 9 heteroatoms. The molecule has 0 unspecified atom stereocenters. The molecule has 1 aromatic carbocycles. The second-order valence-electron chi connectivity index (χ2n) is 5.62. The van der Waals surface area contributed by atoms with Gasteiger partial charge in [-0.05, 0) is 30.7 Å². The Bertz CT molecular complexity index is 1100. The zero-order chi connectivity index (χ0) is 19.0. The van der Waals surface area contributed by atoms with Crippen molar-refractivity contribution in [2.45, 2.75) is 6.92 Å². The van der Waals surface area contributed by atoms with Gasteiger partial charge in [0.15, 0.2) is 0 Å². The Morgan fingerprint density at radius 3 is 2.69 bits per heavy atom. The number of benzene rings is 1. The minimum Gasteiger partial charge on any atom is -0.355 e. The van der Waals surface area contributed by atoms with E-state index < -0.39 is 5.91 Å². The predicted molar refractivity (Wildman–Crippen MR) is 102 cm³/mol. The van der Waals surface area contributed by atoms with Crippen LogP contribution < -0.4 is 16.2 Å². The summed E-state index contributed by atoms with van der Waals surface area (Å²) >= 11 is 7.27. The van der Waals surface area contributed by atoms with E-state index in [1.165, 1.54) is 30.1 Å². The lowest BCUT2D eigenvalue weighted by Crippen LogP contribution is -2.19. The smallest absolute Gasteiger partial charge is 0.266 e. The molecule has 0 spiro atoms. The SMILES string of the molecule is CNC(=O)c1ccc(Cl)c(NC(=O)c2sc3ncn(C)c(=O)c3c2C)c1. The molecule has 0 bridgehead atoms. The van der Waals surface area contributed by atoms with Crippen molar-refractivity contribution in [2.24, 2.45) is 7.05 Å². The van der Waals surface area contributed by atoms with Gasteiger partial charge in [-0.2, -0.15) is 0 Å². The highest BCUT2D eigenvalue weighted by Crippen LogP contribution is 2.29. The van der Waals surface area contributed by atoms with Crippen LogP contribution in [0.2, 0.25) is 5.02 Å². The Labute approximate surface area is 157 Å². The largest absolute Gasteiger partial charge is 0.355 e. The lowest BCUT2D eigenvalue weighted by molar-refractivity contribution is 0.0961. The average molecular weight is 391 g/mol. The molecule has 0 radical (unpaired) electrons. The minimum atomic E-state index is -0.413. The lowest BCUT2D eigenvalue weighted by atomic mass is 10.1. The number of nitrogens with one attached hydrogen (secondary N) is 2. The van der Waals surface area contributed by atoms with Crippen molar-refractivity contribution in [3.63, 3.8) is 0 Å². The van der Waals surface area contributed by atoms with E-state index in [0.717, 1.165) is 11.3 Å². The van der Waals surface area contributed by atoms with Crippen molar-refractivity contribution in [3.05, 3.63) is 55.9 Å². The van der Waals surface area contributed by atoms with Gasteiger partial charge < -0.3 is 15.2 Å². The first kappa shape index (κ1) is 18.1. The van der Waals surface area contributed by atoms with Crippen molar-refractivity contribution in [3.8, 4) is 0 Å². The molecule has 0 aliphatic carbocycles. The summed E-state index contributed by atoms with van der Waals surface area (Å²) in [6.45, 7) is 1.71. The van der Waals surface area contributed by atoms with Crippen molar-refractivity contribution < 1.29 is 9.59 Å². The Morgan fingerprint density at radius 2 is 2.00 bits per heavy atom. The van der Waals surface area contributed by atoms with Crippen LogP contribution in [0.5, 0.6) is 0 Å². The summed E-state index contributed by atoms with van der Waals surface area (Å²) in [5, 5.41) is 5.95. The molecule has 134 valence electrons. The third-order valence-electron chi connectivity index (χ3n) is 3.92. The molecule has 7 nitrogen and oxygen atoms in total. The van der Waals surface area contributed by atoms with Crippen molar-refractivity contribution in [2.75, 3.05) is 12.4 Å². The normalized spacial score (nSPS) is 10.8. The molecule has 0 saturated heterocycles.